The van der Waals surface area contributed by atoms with Gasteiger partial charge in [-0.1, -0.05) is 0 Å². The van der Waals surface area contributed by atoms with E-state index in [1.165, 1.54) is 0 Å². The van der Waals surface area contributed by atoms with Crippen LogP contribution in [0.1, 0.15) is 10.5 Å². The van der Waals surface area contributed by atoms with Crippen molar-refractivity contribution in [3.8, 4) is 17.2 Å². The van der Waals surface area contributed by atoms with E-state index >= 15 is 0 Å². The Hall–Kier alpha value is -3.19. The molecule has 1 amide bonds. The number of amides is 1. The number of carbonyl (C=O) groups is 1. The van der Waals surface area contributed by atoms with E-state index in [4.69, 9.17) is 14.2 Å². The average molecular weight is 409 g/mol. The van der Waals surface area contributed by atoms with Crippen molar-refractivity contribution in [2.75, 3.05) is 53.6 Å². The lowest BCUT2D eigenvalue weighted by molar-refractivity contribution is 0.0615. The van der Waals surface area contributed by atoms with Crippen LogP contribution in [-0.4, -0.2) is 74.2 Å². The number of rotatable bonds is 7. The molecule has 1 fully saturated rings. The van der Waals surface area contributed by atoms with Gasteiger partial charge in [0, 0.05) is 49.7 Å². The largest absolute Gasteiger partial charge is 0.497 e. The molecule has 2 heterocycles. The number of nitrogens with zero attached hydrogens (tertiary/aromatic N) is 2. The third-order valence-corrected chi connectivity index (χ3v) is 5.46. The van der Waals surface area contributed by atoms with Gasteiger partial charge in [-0.3, -0.25) is 9.69 Å². The summed E-state index contributed by atoms with van der Waals surface area (Å²) in [4.78, 5) is 20.3. The van der Waals surface area contributed by atoms with Crippen LogP contribution in [-0.2, 0) is 0 Å². The first-order valence-corrected chi connectivity index (χ1v) is 10.1. The van der Waals surface area contributed by atoms with Gasteiger partial charge in [0.25, 0.3) is 5.91 Å². The molecule has 0 radical (unpaired) electrons. The van der Waals surface area contributed by atoms with Crippen LogP contribution >= 0.6 is 0 Å². The highest BCUT2D eigenvalue weighted by molar-refractivity contribution is 5.98. The summed E-state index contributed by atoms with van der Waals surface area (Å²) >= 11 is 0. The molecule has 1 saturated heterocycles. The molecule has 2 aromatic carbocycles. The number of hydrogen-bond acceptors (Lipinski definition) is 5. The molecule has 30 heavy (non-hydrogen) atoms. The molecular formula is C23H27N3O4. The van der Waals surface area contributed by atoms with Gasteiger partial charge in [-0.25, -0.2) is 0 Å². The van der Waals surface area contributed by atoms with Crippen molar-refractivity contribution in [1.82, 2.24) is 14.8 Å². The second-order valence-corrected chi connectivity index (χ2v) is 7.29. The van der Waals surface area contributed by atoms with E-state index in [1.807, 2.05) is 53.4 Å². The summed E-state index contributed by atoms with van der Waals surface area (Å²) in [5, 5.41) is 1.01. The third kappa shape index (κ3) is 4.52. The molecular weight excluding hydrogens is 382 g/mol. The average Bonchev–Trinajstić information content (AvgIpc) is 3.23. The molecule has 7 heteroatoms. The van der Waals surface area contributed by atoms with Gasteiger partial charge in [-0.2, -0.15) is 0 Å². The number of aromatic nitrogens is 1. The summed E-state index contributed by atoms with van der Waals surface area (Å²) in [6.45, 7) is 4.54. The lowest BCUT2D eigenvalue weighted by Gasteiger charge is -2.34. The lowest BCUT2D eigenvalue weighted by atomic mass is 10.2. The van der Waals surface area contributed by atoms with Gasteiger partial charge in [-0.05, 0) is 42.5 Å². The molecule has 0 saturated carbocycles. The van der Waals surface area contributed by atoms with Gasteiger partial charge in [0.1, 0.15) is 29.5 Å². The van der Waals surface area contributed by atoms with E-state index in [0.717, 1.165) is 47.8 Å². The van der Waals surface area contributed by atoms with Crippen molar-refractivity contribution in [3.05, 3.63) is 54.2 Å². The molecule has 0 bridgehead atoms. The van der Waals surface area contributed by atoms with Crippen molar-refractivity contribution >= 4 is 16.8 Å². The Morgan fingerprint density at radius 1 is 0.900 bits per heavy atom. The van der Waals surface area contributed by atoms with Crippen molar-refractivity contribution in [2.45, 2.75) is 0 Å². The smallest absolute Gasteiger partial charge is 0.270 e. The molecule has 7 nitrogen and oxygen atoms in total. The molecule has 1 aliphatic heterocycles. The number of aromatic amines is 1. The van der Waals surface area contributed by atoms with E-state index < -0.39 is 0 Å². The first-order valence-electron chi connectivity index (χ1n) is 10.1. The summed E-state index contributed by atoms with van der Waals surface area (Å²) in [5.74, 6) is 2.46. The minimum absolute atomic E-state index is 0.0410. The number of fused-ring (bicyclic) bond motifs is 1. The number of carbonyl (C=O) groups excluding carboxylic acids is 1. The maximum Gasteiger partial charge on any atom is 0.270 e. The van der Waals surface area contributed by atoms with Gasteiger partial charge in [0.05, 0.1) is 14.2 Å². The second-order valence-electron chi connectivity index (χ2n) is 7.29. The van der Waals surface area contributed by atoms with Gasteiger partial charge < -0.3 is 24.1 Å². The van der Waals surface area contributed by atoms with E-state index in [9.17, 15) is 4.79 Å². The van der Waals surface area contributed by atoms with E-state index in [0.29, 0.717) is 25.4 Å². The molecule has 0 spiro atoms. The Morgan fingerprint density at radius 2 is 1.57 bits per heavy atom. The lowest BCUT2D eigenvalue weighted by Crippen LogP contribution is -2.49. The zero-order valence-corrected chi connectivity index (χ0v) is 17.4. The molecule has 0 aliphatic carbocycles. The maximum atomic E-state index is 12.9. The SMILES string of the molecule is COc1ccc(OCCN2CCN(C(=O)c3cc4ccc(OC)cc4[nH]3)CC2)cc1. The van der Waals surface area contributed by atoms with Gasteiger partial charge >= 0.3 is 0 Å². The number of benzene rings is 2. The Kier molecular flexibility index (Phi) is 6.09. The van der Waals surface area contributed by atoms with Crippen LogP contribution in [0.15, 0.2) is 48.5 Å². The number of nitrogens with one attached hydrogen (secondary N) is 1. The zero-order valence-electron chi connectivity index (χ0n) is 17.4. The minimum atomic E-state index is 0.0410. The fraction of sp³-hybridized carbons (Fsp3) is 0.348. The molecule has 1 aliphatic rings. The van der Waals surface area contributed by atoms with Gasteiger partial charge in [-0.15, -0.1) is 0 Å². The van der Waals surface area contributed by atoms with Crippen LogP contribution in [0.5, 0.6) is 17.2 Å². The molecule has 0 atom stereocenters. The molecule has 0 unspecified atom stereocenters. The summed E-state index contributed by atoms with van der Waals surface area (Å²) in [6, 6.07) is 15.3. The summed E-state index contributed by atoms with van der Waals surface area (Å²) in [5.41, 5.74) is 1.53. The van der Waals surface area contributed by atoms with E-state index in [1.54, 1.807) is 14.2 Å². The van der Waals surface area contributed by atoms with Crippen LogP contribution in [0.25, 0.3) is 10.9 Å². The van der Waals surface area contributed by atoms with Crippen molar-refractivity contribution in [2.24, 2.45) is 0 Å². The predicted molar refractivity (Wildman–Crippen MR) is 116 cm³/mol. The molecule has 158 valence electrons. The van der Waals surface area contributed by atoms with Crippen molar-refractivity contribution < 1.29 is 19.0 Å². The summed E-state index contributed by atoms with van der Waals surface area (Å²) in [6.07, 6.45) is 0. The highest BCUT2D eigenvalue weighted by atomic mass is 16.5. The molecule has 4 rings (SSSR count). The fourth-order valence-corrected chi connectivity index (χ4v) is 3.66. The topological polar surface area (TPSA) is 67.0 Å². The third-order valence-electron chi connectivity index (χ3n) is 5.46. The van der Waals surface area contributed by atoms with Crippen LogP contribution in [0.4, 0.5) is 0 Å². The number of hydrogen-bond donors (Lipinski definition) is 1. The Bertz CT molecular complexity index is 991. The van der Waals surface area contributed by atoms with E-state index in [-0.39, 0.29) is 5.91 Å². The number of ether oxygens (including phenoxy) is 3. The Morgan fingerprint density at radius 3 is 2.27 bits per heavy atom. The van der Waals surface area contributed by atoms with Crippen LogP contribution in [0.3, 0.4) is 0 Å². The van der Waals surface area contributed by atoms with Crippen molar-refractivity contribution in [3.63, 3.8) is 0 Å². The zero-order chi connectivity index (χ0) is 20.9. The molecule has 1 aromatic heterocycles. The Labute approximate surface area is 176 Å². The molecule has 1 N–H and O–H groups in total. The number of piperazine rings is 1. The normalized spacial score (nSPS) is 14.7. The first-order chi connectivity index (χ1) is 14.7. The summed E-state index contributed by atoms with van der Waals surface area (Å²) < 4.78 is 16.2. The standard InChI is InChI=1S/C23H27N3O4/c1-28-18-5-7-19(8-6-18)30-14-13-25-9-11-26(12-10-25)23(27)22-15-17-3-4-20(29-2)16-21(17)24-22/h3-8,15-16,24H,9-14H2,1-2H3. The monoisotopic (exact) mass is 409 g/mol. The highest BCUT2D eigenvalue weighted by Crippen LogP contribution is 2.22. The maximum absolute atomic E-state index is 12.9. The van der Waals surface area contributed by atoms with Crippen molar-refractivity contribution in [1.29, 1.82) is 0 Å². The predicted octanol–water partition coefficient (Wildman–Crippen LogP) is 3.02. The van der Waals surface area contributed by atoms with Gasteiger partial charge in [0.2, 0.25) is 0 Å². The van der Waals surface area contributed by atoms with E-state index in [2.05, 4.69) is 9.88 Å². The minimum Gasteiger partial charge on any atom is -0.497 e. The van der Waals surface area contributed by atoms with Crippen LogP contribution in [0, 0.1) is 0 Å². The fourth-order valence-electron chi connectivity index (χ4n) is 3.66. The number of methoxy groups -OCH3 is 2. The number of H-pyrrole nitrogens is 1. The molecule has 3 aromatic rings. The second kappa shape index (κ2) is 9.09. The van der Waals surface area contributed by atoms with Crippen LogP contribution < -0.4 is 14.2 Å². The summed E-state index contributed by atoms with van der Waals surface area (Å²) in [7, 11) is 3.28. The first kappa shape index (κ1) is 20.1. The highest BCUT2D eigenvalue weighted by Gasteiger charge is 2.23. The van der Waals surface area contributed by atoms with Crippen LogP contribution in [0.2, 0.25) is 0 Å². The van der Waals surface area contributed by atoms with Gasteiger partial charge in [0.15, 0.2) is 0 Å². The quantitative estimate of drug-likeness (QED) is 0.650. The Balaban J connectivity index is 1.26.